The smallest absolute Gasteiger partial charge is 0.380 e. The van der Waals surface area contributed by atoms with Crippen molar-refractivity contribution in [2.75, 3.05) is 13.7 Å². The maximum atomic E-state index is 15.2. The van der Waals surface area contributed by atoms with Crippen LogP contribution >= 0.6 is 0 Å². The van der Waals surface area contributed by atoms with Gasteiger partial charge in [-0.2, -0.15) is 8.78 Å². The summed E-state index contributed by atoms with van der Waals surface area (Å²) in [7, 11) is 1.60. The SMILES string of the molecule is CCOC(=O)C(F)(F)C(OCc1cn(CC)nn1)c1ccc(C)c(COCc2ccc(OC)cc2)c1. The molecule has 1 aromatic heterocycles. The number of ether oxygens (including phenoxy) is 4. The standard InChI is InChI=1S/C26H31F2N3O5/c1-5-31-14-22(29-30-31)17-36-24(26(27,28)25(32)35-6-2)20-10-7-18(3)21(13-20)16-34-15-19-8-11-23(33-4)12-9-19/h7-14,24H,5-6,15-17H2,1-4H3. The van der Waals surface area contributed by atoms with Crippen molar-refractivity contribution in [2.45, 2.75) is 59.2 Å². The maximum absolute atomic E-state index is 15.2. The van der Waals surface area contributed by atoms with Gasteiger partial charge in [0.05, 0.1) is 39.7 Å². The first-order chi connectivity index (χ1) is 17.3. The van der Waals surface area contributed by atoms with E-state index >= 15 is 8.78 Å². The van der Waals surface area contributed by atoms with Crippen LogP contribution in [0.15, 0.2) is 48.7 Å². The minimum atomic E-state index is -3.92. The number of methoxy groups -OCH3 is 1. The number of halogens is 2. The van der Waals surface area contributed by atoms with Crippen LogP contribution in [-0.2, 0) is 45.4 Å². The number of hydrogen-bond donors (Lipinski definition) is 0. The summed E-state index contributed by atoms with van der Waals surface area (Å²) in [6.07, 6.45) is -0.281. The quantitative estimate of drug-likeness (QED) is 0.310. The van der Waals surface area contributed by atoms with E-state index in [9.17, 15) is 4.79 Å². The Balaban J connectivity index is 1.79. The van der Waals surface area contributed by atoms with Gasteiger partial charge in [0, 0.05) is 6.54 Å². The van der Waals surface area contributed by atoms with Gasteiger partial charge in [-0.05, 0) is 55.2 Å². The number of hydrogen-bond acceptors (Lipinski definition) is 7. The third-order valence-corrected chi connectivity index (χ3v) is 5.55. The van der Waals surface area contributed by atoms with E-state index in [2.05, 4.69) is 15.0 Å². The van der Waals surface area contributed by atoms with Crippen LogP contribution in [0.25, 0.3) is 0 Å². The molecule has 0 N–H and O–H groups in total. The molecule has 36 heavy (non-hydrogen) atoms. The highest BCUT2D eigenvalue weighted by Crippen LogP contribution is 2.37. The molecule has 0 spiro atoms. The third-order valence-electron chi connectivity index (χ3n) is 5.55. The van der Waals surface area contributed by atoms with Crippen LogP contribution in [0.1, 0.15) is 47.9 Å². The zero-order valence-electron chi connectivity index (χ0n) is 20.9. The Morgan fingerprint density at radius 1 is 1.08 bits per heavy atom. The second-order valence-corrected chi connectivity index (χ2v) is 8.13. The summed E-state index contributed by atoms with van der Waals surface area (Å²) < 4.78 is 53.2. The van der Waals surface area contributed by atoms with E-state index in [0.29, 0.717) is 24.4 Å². The van der Waals surface area contributed by atoms with Crippen LogP contribution in [-0.4, -0.2) is 40.6 Å². The lowest BCUT2D eigenvalue weighted by Crippen LogP contribution is -2.39. The van der Waals surface area contributed by atoms with Gasteiger partial charge in [-0.3, -0.25) is 4.68 Å². The van der Waals surface area contributed by atoms with E-state index in [0.717, 1.165) is 16.9 Å². The fourth-order valence-corrected chi connectivity index (χ4v) is 3.48. The Morgan fingerprint density at radius 3 is 2.47 bits per heavy atom. The molecule has 3 aromatic rings. The molecule has 0 aliphatic rings. The summed E-state index contributed by atoms with van der Waals surface area (Å²) in [4.78, 5) is 12.1. The fraction of sp³-hybridized carbons (Fsp3) is 0.423. The molecule has 0 aliphatic carbocycles. The monoisotopic (exact) mass is 503 g/mol. The number of alkyl halides is 2. The molecule has 0 aliphatic heterocycles. The van der Waals surface area contributed by atoms with Crippen LogP contribution in [0, 0.1) is 6.92 Å². The molecule has 0 fully saturated rings. The second kappa shape index (κ2) is 12.5. The maximum Gasteiger partial charge on any atom is 0.380 e. The molecule has 0 amide bonds. The van der Waals surface area contributed by atoms with E-state index in [1.807, 2.05) is 38.1 Å². The first kappa shape index (κ1) is 27.2. The molecule has 1 unspecified atom stereocenters. The summed E-state index contributed by atoms with van der Waals surface area (Å²) in [5.41, 5.74) is 3.00. The minimum absolute atomic E-state index is 0.129. The van der Waals surface area contributed by atoms with Crippen LogP contribution in [0.3, 0.4) is 0 Å². The normalized spacial score (nSPS) is 12.4. The molecular formula is C26H31F2N3O5. The number of aryl methyl sites for hydroxylation is 2. The van der Waals surface area contributed by atoms with Crippen molar-refractivity contribution in [3.05, 3.63) is 76.6 Å². The Morgan fingerprint density at radius 2 is 1.83 bits per heavy atom. The second-order valence-electron chi connectivity index (χ2n) is 8.13. The number of carbonyl (C=O) groups excluding carboxylic acids is 1. The third kappa shape index (κ3) is 6.86. The topological polar surface area (TPSA) is 84.7 Å². The number of rotatable bonds is 13. The summed E-state index contributed by atoms with van der Waals surface area (Å²) >= 11 is 0. The molecule has 1 atom stereocenters. The zero-order chi connectivity index (χ0) is 26.1. The lowest BCUT2D eigenvalue weighted by atomic mass is 9.98. The Labute approximate surface area is 209 Å². The highest BCUT2D eigenvalue weighted by molar-refractivity contribution is 5.78. The number of esters is 1. The first-order valence-corrected chi connectivity index (χ1v) is 11.6. The summed E-state index contributed by atoms with van der Waals surface area (Å²) in [6.45, 7) is 5.87. The van der Waals surface area contributed by atoms with Gasteiger partial charge in [0.25, 0.3) is 0 Å². The van der Waals surface area contributed by atoms with Crippen molar-refractivity contribution in [3.63, 3.8) is 0 Å². The van der Waals surface area contributed by atoms with Crippen LogP contribution in [0.4, 0.5) is 8.78 Å². The van der Waals surface area contributed by atoms with E-state index in [1.54, 1.807) is 30.1 Å². The molecule has 10 heteroatoms. The summed E-state index contributed by atoms with van der Waals surface area (Å²) in [6, 6.07) is 12.2. The molecule has 0 bridgehead atoms. The van der Waals surface area contributed by atoms with Gasteiger partial charge in [0.15, 0.2) is 6.10 Å². The van der Waals surface area contributed by atoms with E-state index in [1.165, 1.54) is 13.0 Å². The molecule has 0 saturated carbocycles. The number of nitrogens with zero attached hydrogens (tertiary/aromatic N) is 3. The van der Waals surface area contributed by atoms with Gasteiger partial charge >= 0.3 is 11.9 Å². The summed E-state index contributed by atoms with van der Waals surface area (Å²) in [5.74, 6) is -4.83. The molecule has 3 rings (SSSR count). The highest BCUT2D eigenvalue weighted by atomic mass is 19.3. The van der Waals surface area contributed by atoms with Crippen molar-refractivity contribution >= 4 is 5.97 Å². The molecule has 0 radical (unpaired) electrons. The molecule has 2 aromatic carbocycles. The minimum Gasteiger partial charge on any atom is -0.497 e. The Bertz CT molecular complexity index is 1130. The van der Waals surface area contributed by atoms with Crippen LogP contribution in [0.2, 0.25) is 0 Å². The van der Waals surface area contributed by atoms with Crippen molar-refractivity contribution in [1.82, 2.24) is 15.0 Å². The predicted molar refractivity (Wildman–Crippen MR) is 127 cm³/mol. The fourth-order valence-electron chi connectivity index (χ4n) is 3.48. The van der Waals surface area contributed by atoms with Gasteiger partial charge in [0.2, 0.25) is 0 Å². The van der Waals surface area contributed by atoms with Crippen molar-refractivity contribution in [3.8, 4) is 5.75 Å². The number of carbonyl (C=O) groups is 1. The molecule has 0 saturated heterocycles. The van der Waals surface area contributed by atoms with Gasteiger partial charge in [0.1, 0.15) is 11.4 Å². The van der Waals surface area contributed by atoms with Crippen molar-refractivity contribution in [2.24, 2.45) is 0 Å². The molecule has 8 nitrogen and oxygen atoms in total. The van der Waals surface area contributed by atoms with Crippen molar-refractivity contribution in [1.29, 1.82) is 0 Å². The lowest BCUT2D eigenvalue weighted by Gasteiger charge is -2.26. The zero-order valence-corrected chi connectivity index (χ0v) is 20.9. The Hall–Kier alpha value is -3.37. The lowest BCUT2D eigenvalue weighted by molar-refractivity contribution is -0.198. The number of aromatic nitrogens is 3. The summed E-state index contributed by atoms with van der Waals surface area (Å²) in [5, 5.41) is 7.82. The van der Waals surface area contributed by atoms with E-state index in [4.69, 9.17) is 14.2 Å². The van der Waals surface area contributed by atoms with Gasteiger partial charge < -0.3 is 18.9 Å². The van der Waals surface area contributed by atoms with E-state index in [-0.39, 0.29) is 25.4 Å². The van der Waals surface area contributed by atoms with Gasteiger partial charge in [-0.15, -0.1) is 5.10 Å². The van der Waals surface area contributed by atoms with Crippen LogP contribution < -0.4 is 4.74 Å². The molecule has 1 heterocycles. The van der Waals surface area contributed by atoms with E-state index < -0.39 is 18.0 Å². The highest BCUT2D eigenvalue weighted by Gasteiger charge is 2.50. The predicted octanol–water partition coefficient (Wildman–Crippen LogP) is 4.79. The Kier molecular flexibility index (Phi) is 9.49. The molecule has 194 valence electrons. The van der Waals surface area contributed by atoms with Crippen LogP contribution in [0.5, 0.6) is 5.75 Å². The molecular weight excluding hydrogens is 472 g/mol. The number of benzene rings is 2. The average molecular weight is 504 g/mol. The largest absolute Gasteiger partial charge is 0.497 e. The van der Waals surface area contributed by atoms with Gasteiger partial charge in [-0.25, -0.2) is 4.79 Å². The van der Waals surface area contributed by atoms with Gasteiger partial charge in [-0.1, -0.05) is 35.5 Å². The average Bonchev–Trinajstić information content (AvgIpc) is 3.34. The first-order valence-electron chi connectivity index (χ1n) is 11.6. The van der Waals surface area contributed by atoms with Crippen molar-refractivity contribution < 1.29 is 32.5 Å².